The van der Waals surface area contributed by atoms with Gasteiger partial charge in [0.1, 0.15) is 11.5 Å². The first-order valence-corrected chi connectivity index (χ1v) is 6.84. The van der Waals surface area contributed by atoms with Gasteiger partial charge in [0, 0.05) is 11.6 Å². The van der Waals surface area contributed by atoms with Crippen LogP contribution in [0.5, 0.6) is 11.5 Å². The SMILES string of the molecule is CCCCC(CC)COc1ccc(C=NO)c(O)c1. The lowest BCUT2D eigenvalue weighted by Gasteiger charge is -2.15. The van der Waals surface area contributed by atoms with Gasteiger partial charge in [-0.1, -0.05) is 38.3 Å². The van der Waals surface area contributed by atoms with Crippen molar-refractivity contribution in [2.45, 2.75) is 39.5 Å². The molecule has 106 valence electrons. The molecular weight excluding hydrogens is 242 g/mol. The summed E-state index contributed by atoms with van der Waals surface area (Å²) in [7, 11) is 0. The summed E-state index contributed by atoms with van der Waals surface area (Å²) in [6, 6.07) is 4.98. The molecule has 0 fully saturated rings. The summed E-state index contributed by atoms with van der Waals surface area (Å²) in [6.07, 6.45) is 5.89. The Balaban J connectivity index is 2.55. The van der Waals surface area contributed by atoms with Gasteiger partial charge in [0.25, 0.3) is 0 Å². The van der Waals surface area contributed by atoms with E-state index < -0.39 is 0 Å². The van der Waals surface area contributed by atoms with Gasteiger partial charge in [-0.2, -0.15) is 0 Å². The molecule has 1 aromatic rings. The van der Waals surface area contributed by atoms with E-state index in [1.54, 1.807) is 18.2 Å². The van der Waals surface area contributed by atoms with Crippen LogP contribution in [-0.4, -0.2) is 23.1 Å². The Bertz CT molecular complexity index is 404. The Kier molecular flexibility index (Phi) is 6.79. The van der Waals surface area contributed by atoms with E-state index in [9.17, 15) is 5.11 Å². The summed E-state index contributed by atoms with van der Waals surface area (Å²) >= 11 is 0. The van der Waals surface area contributed by atoms with Crippen LogP contribution in [0.15, 0.2) is 23.4 Å². The van der Waals surface area contributed by atoms with Crippen LogP contribution in [0.3, 0.4) is 0 Å². The number of hydrogen-bond donors (Lipinski definition) is 2. The van der Waals surface area contributed by atoms with E-state index in [2.05, 4.69) is 19.0 Å². The highest BCUT2D eigenvalue weighted by atomic mass is 16.5. The topological polar surface area (TPSA) is 62.0 Å². The van der Waals surface area contributed by atoms with Gasteiger partial charge < -0.3 is 15.1 Å². The highest BCUT2D eigenvalue weighted by Crippen LogP contribution is 2.23. The first-order chi connectivity index (χ1) is 9.21. The van der Waals surface area contributed by atoms with Crippen LogP contribution >= 0.6 is 0 Å². The van der Waals surface area contributed by atoms with Crippen LogP contribution in [0.4, 0.5) is 0 Å². The molecule has 0 spiro atoms. The van der Waals surface area contributed by atoms with Gasteiger partial charge in [-0.05, 0) is 24.5 Å². The zero-order valence-corrected chi connectivity index (χ0v) is 11.7. The quantitative estimate of drug-likeness (QED) is 0.427. The molecule has 0 radical (unpaired) electrons. The highest BCUT2D eigenvalue weighted by molar-refractivity contribution is 5.83. The largest absolute Gasteiger partial charge is 0.507 e. The predicted molar refractivity (Wildman–Crippen MR) is 76.3 cm³/mol. The van der Waals surface area contributed by atoms with Gasteiger partial charge in [-0.25, -0.2) is 0 Å². The number of rotatable bonds is 8. The third-order valence-corrected chi connectivity index (χ3v) is 3.23. The van der Waals surface area contributed by atoms with Gasteiger partial charge in [-0.15, -0.1) is 0 Å². The molecule has 19 heavy (non-hydrogen) atoms. The molecule has 0 heterocycles. The highest BCUT2D eigenvalue weighted by Gasteiger charge is 2.08. The molecule has 0 aliphatic rings. The van der Waals surface area contributed by atoms with Crippen LogP contribution in [0, 0.1) is 5.92 Å². The van der Waals surface area contributed by atoms with E-state index in [0.29, 0.717) is 23.8 Å². The average molecular weight is 265 g/mol. The Morgan fingerprint density at radius 2 is 2.16 bits per heavy atom. The van der Waals surface area contributed by atoms with Crippen molar-refractivity contribution in [1.82, 2.24) is 0 Å². The molecule has 0 saturated carbocycles. The van der Waals surface area contributed by atoms with E-state index in [1.165, 1.54) is 25.5 Å². The number of ether oxygens (including phenoxy) is 1. The molecule has 4 heteroatoms. The number of phenolic OH excluding ortho intramolecular Hbond substituents is 1. The lowest BCUT2D eigenvalue weighted by atomic mass is 10.0. The molecule has 1 atom stereocenters. The van der Waals surface area contributed by atoms with Crippen molar-refractivity contribution in [3.8, 4) is 11.5 Å². The summed E-state index contributed by atoms with van der Waals surface area (Å²) in [5.74, 6) is 1.25. The maximum absolute atomic E-state index is 9.70. The summed E-state index contributed by atoms with van der Waals surface area (Å²) in [5.41, 5.74) is 0.466. The van der Waals surface area contributed by atoms with Gasteiger partial charge >= 0.3 is 0 Å². The molecule has 1 rings (SSSR count). The number of aromatic hydroxyl groups is 1. The van der Waals surface area contributed by atoms with E-state index in [0.717, 1.165) is 6.42 Å². The van der Waals surface area contributed by atoms with E-state index in [4.69, 9.17) is 9.94 Å². The first-order valence-electron chi connectivity index (χ1n) is 6.84. The molecular formula is C15H23NO3. The molecule has 0 saturated heterocycles. The second kappa shape index (κ2) is 8.40. The van der Waals surface area contributed by atoms with Crippen molar-refractivity contribution in [3.05, 3.63) is 23.8 Å². The molecule has 4 nitrogen and oxygen atoms in total. The molecule has 1 aromatic carbocycles. The van der Waals surface area contributed by atoms with Crippen LogP contribution in [0.2, 0.25) is 0 Å². The van der Waals surface area contributed by atoms with E-state index >= 15 is 0 Å². The number of hydrogen-bond acceptors (Lipinski definition) is 4. The van der Waals surface area contributed by atoms with Crippen LogP contribution < -0.4 is 4.74 Å². The summed E-state index contributed by atoms with van der Waals surface area (Å²) in [5, 5.41) is 21.0. The second-order valence-electron chi connectivity index (χ2n) is 4.69. The summed E-state index contributed by atoms with van der Waals surface area (Å²) < 4.78 is 5.70. The monoisotopic (exact) mass is 265 g/mol. The molecule has 0 aromatic heterocycles. The van der Waals surface area contributed by atoms with Gasteiger partial charge in [0.2, 0.25) is 0 Å². The Hall–Kier alpha value is -1.71. The number of phenols is 1. The number of unbranched alkanes of at least 4 members (excludes halogenated alkanes) is 1. The standard InChI is InChI=1S/C15H23NO3/c1-3-5-6-12(4-2)11-19-14-8-7-13(10-16-18)15(17)9-14/h7-10,12,17-18H,3-6,11H2,1-2H3. The maximum Gasteiger partial charge on any atom is 0.128 e. The fraction of sp³-hybridized carbons (Fsp3) is 0.533. The molecule has 0 amide bonds. The van der Waals surface area contributed by atoms with Crippen molar-refractivity contribution < 1.29 is 15.1 Å². The molecule has 0 aliphatic heterocycles. The van der Waals surface area contributed by atoms with Gasteiger partial charge in [-0.3, -0.25) is 0 Å². The molecule has 1 unspecified atom stereocenters. The van der Waals surface area contributed by atoms with Gasteiger partial charge in [0.05, 0.1) is 12.8 Å². The van der Waals surface area contributed by atoms with E-state index in [-0.39, 0.29) is 5.75 Å². The number of benzene rings is 1. The van der Waals surface area contributed by atoms with Crippen LogP contribution in [0.1, 0.15) is 45.1 Å². The second-order valence-corrected chi connectivity index (χ2v) is 4.69. The smallest absolute Gasteiger partial charge is 0.128 e. The molecule has 2 N–H and O–H groups in total. The fourth-order valence-corrected chi connectivity index (χ4v) is 1.90. The minimum Gasteiger partial charge on any atom is -0.507 e. The third-order valence-electron chi connectivity index (χ3n) is 3.23. The predicted octanol–water partition coefficient (Wildman–Crippen LogP) is 3.80. The van der Waals surface area contributed by atoms with Crippen molar-refractivity contribution >= 4 is 6.21 Å². The van der Waals surface area contributed by atoms with Gasteiger partial charge in [0.15, 0.2) is 0 Å². The van der Waals surface area contributed by atoms with Crippen molar-refractivity contribution in [3.63, 3.8) is 0 Å². The third kappa shape index (κ3) is 5.20. The molecule has 0 aliphatic carbocycles. The first kappa shape index (κ1) is 15.3. The minimum atomic E-state index is 0.0527. The molecule has 0 bridgehead atoms. The minimum absolute atomic E-state index is 0.0527. The number of nitrogens with zero attached hydrogens (tertiary/aromatic N) is 1. The average Bonchev–Trinajstić information content (AvgIpc) is 2.42. The lowest BCUT2D eigenvalue weighted by molar-refractivity contribution is 0.232. The zero-order valence-electron chi connectivity index (χ0n) is 11.7. The maximum atomic E-state index is 9.70. The van der Waals surface area contributed by atoms with E-state index in [1.807, 2.05) is 0 Å². The van der Waals surface area contributed by atoms with Crippen molar-refractivity contribution in [2.24, 2.45) is 11.1 Å². The number of oxime groups is 1. The normalized spacial score (nSPS) is 12.7. The van der Waals surface area contributed by atoms with Crippen LogP contribution in [0.25, 0.3) is 0 Å². The summed E-state index contributed by atoms with van der Waals surface area (Å²) in [6.45, 7) is 5.03. The van der Waals surface area contributed by atoms with Crippen molar-refractivity contribution in [2.75, 3.05) is 6.61 Å². The fourth-order valence-electron chi connectivity index (χ4n) is 1.90. The van der Waals surface area contributed by atoms with Crippen molar-refractivity contribution in [1.29, 1.82) is 0 Å². The zero-order chi connectivity index (χ0) is 14.1. The summed E-state index contributed by atoms with van der Waals surface area (Å²) in [4.78, 5) is 0. The Morgan fingerprint density at radius 1 is 1.37 bits per heavy atom. The Morgan fingerprint density at radius 3 is 2.74 bits per heavy atom. The Labute approximate surface area is 114 Å². The van der Waals surface area contributed by atoms with Crippen LogP contribution in [-0.2, 0) is 0 Å². The lowest BCUT2D eigenvalue weighted by Crippen LogP contribution is -2.11.